The fourth-order valence-electron chi connectivity index (χ4n) is 3.41. The second-order valence-electron chi connectivity index (χ2n) is 6.62. The Labute approximate surface area is 138 Å². The molecule has 23 heavy (non-hydrogen) atoms. The van der Waals surface area contributed by atoms with Gasteiger partial charge in [0.25, 0.3) is 5.91 Å². The third-order valence-corrected chi connectivity index (χ3v) is 4.47. The monoisotopic (exact) mass is 320 g/mol. The van der Waals surface area contributed by atoms with Crippen LogP contribution in [0, 0.1) is 5.41 Å². The molecule has 0 saturated carbocycles. The van der Waals surface area contributed by atoms with E-state index in [2.05, 4.69) is 29.1 Å². The van der Waals surface area contributed by atoms with Crippen molar-refractivity contribution in [2.75, 3.05) is 20.1 Å². The lowest BCUT2D eigenvalue weighted by molar-refractivity contribution is 0.0972. The average Bonchev–Trinajstić information content (AvgIpc) is 2.97. The van der Waals surface area contributed by atoms with E-state index < -0.39 is 5.91 Å². The number of nitrogens with zero attached hydrogens (tertiary/aromatic N) is 2. The summed E-state index contributed by atoms with van der Waals surface area (Å²) >= 11 is 0. The number of rotatable bonds is 5. The summed E-state index contributed by atoms with van der Waals surface area (Å²) in [5, 5.41) is 3.32. The number of likely N-dealkylation sites (tertiary alicyclic amines) is 1. The smallest absolute Gasteiger partial charge is 0.284 e. The first kappa shape index (κ1) is 17.4. The van der Waals surface area contributed by atoms with Crippen molar-refractivity contribution < 1.29 is 9.21 Å². The molecule has 6 nitrogen and oxygen atoms in total. The molecule has 0 spiro atoms. The second-order valence-corrected chi connectivity index (χ2v) is 6.62. The van der Waals surface area contributed by atoms with Gasteiger partial charge in [-0.2, -0.15) is 0 Å². The fraction of sp³-hybridized carbons (Fsp3) is 0.647. The molecule has 0 aromatic carbocycles. The molecule has 1 unspecified atom stereocenters. The zero-order valence-corrected chi connectivity index (χ0v) is 14.4. The predicted molar refractivity (Wildman–Crippen MR) is 91.2 cm³/mol. The van der Waals surface area contributed by atoms with Gasteiger partial charge < -0.3 is 20.4 Å². The summed E-state index contributed by atoms with van der Waals surface area (Å²) in [6.45, 7) is 7.13. The van der Waals surface area contributed by atoms with Gasteiger partial charge in [-0.15, -0.1) is 0 Å². The molecule has 1 aliphatic heterocycles. The number of primary amides is 1. The summed E-state index contributed by atoms with van der Waals surface area (Å²) in [7, 11) is 1.80. The lowest BCUT2D eigenvalue weighted by Crippen LogP contribution is -2.49. The molecule has 1 atom stereocenters. The number of guanidine groups is 1. The maximum atomic E-state index is 11.1. The molecule has 0 radical (unpaired) electrons. The first-order valence-electron chi connectivity index (χ1n) is 8.31. The lowest BCUT2D eigenvalue weighted by atomic mass is 9.78. The summed E-state index contributed by atoms with van der Waals surface area (Å²) in [5.74, 6) is 1.19. The molecule has 2 heterocycles. The van der Waals surface area contributed by atoms with E-state index in [0.29, 0.717) is 17.7 Å². The Balaban J connectivity index is 1.95. The summed E-state index contributed by atoms with van der Waals surface area (Å²) < 4.78 is 5.40. The molecule has 128 valence electrons. The van der Waals surface area contributed by atoms with Crippen LogP contribution >= 0.6 is 0 Å². The fourth-order valence-corrected chi connectivity index (χ4v) is 3.41. The van der Waals surface area contributed by atoms with Crippen molar-refractivity contribution in [1.82, 2.24) is 10.2 Å². The van der Waals surface area contributed by atoms with Crippen molar-refractivity contribution in [1.29, 1.82) is 0 Å². The Morgan fingerprint density at radius 1 is 1.52 bits per heavy atom. The number of nitrogens with two attached hydrogens (primary N) is 1. The topological polar surface area (TPSA) is 83.9 Å². The number of hydrogen-bond acceptors (Lipinski definition) is 3. The van der Waals surface area contributed by atoms with Crippen LogP contribution in [0.25, 0.3) is 0 Å². The van der Waals surface area contributed by atoms with Gasteiger partial charge in [0, 0.05) is 20.1 Å². The van der Waals surface area contributed by atoms with Gasteiger partial charge in [0.1, 0.15) is 5.76 Å². The standard InChI is InChI=1S/C17H28N4O2/c1-4-8-17(2)9-5-10-21(12-17)16(19-3)20-11-13-6-7-14(23-13)15(18)22/h6-7H,4-5,8-12H2,1-3H3,(H2,18,22)(H,19,20). The van der Waals surface area contributed by atoms with Crippen LogP contribution in [0.4, 0.5) is 0 Å². The van der Waals surface area contributed by atoms with Gasteiger partial charge in [0.05, 0.1) is 6.54 Å². The second kappa shape index (κ2) is 7.53. The molecule has 2 rings (SSSR count). The molecule has 1 saturated heterocycles. The van der Waals surface area contributed by atoms with Gasteiger partial charge >= 0.3 is 0 Å². The van der Waals surface area contributed by atoms with E-state index in [1.165, 1.54) is 25.7 Å². The summed E-state index contributed by atoms with van der Waals surface area (Å²) in [6, 6.07) is 3.36. The van der Waals surface area contributed by atoms with Crippen LogP contribution in [0.15, 0.2) is 21.5 Å². The molecule has 6 heteroatoms. The highest BCUT2D eigenvalue weighted by Crippen LogP contribution is 2.33. The van der Waals surface area contributed by atoms with E-state index in [0.717, 1.165) is 19.0 Å². The Bertz CT molecular complexity index is 563. The lowest BCUT2D eigenvalue weighted by Gasteiger charge is -2.42. The SMILES string of the molecule is CCCC1(C)CCCN(C(=NC)NCc2ccc(C(N)=O)o2)C1. The number of hydrogen-bond donors (Lipinski definition) is 2. The van der Waals surface area contributed by atoms with E-state index >= 15 is 0 Å². The molecule has 1 aromatic heterocycles. The number of nitrogens with one attached hydrogen (secondary N) is 1. The first-order valence-corrected chi connectivity index (χ1v) is 8.31. The zero-order valence-electron chi connectivity index (χ0n) is 14.4. The van der Waals surface area contributed by atoms with Gasteiger partial charge in [0.15, 0.2) is 11.7 Å². The quantitative estimate of drug-likeness (QED) is 0.644. The van der Waals surface area contributed by atoms with Gasteiger partial charge in [-0.05, 0) is 36.8 Å². The van der Waals surface area contributed by atoms with E-state index in [1.54, 1.807) is 19.2 Å². The van der Waals surface area contributed by atoms with Gasteiger partial charge in [0.2, 0.25) is 0 Å². The Morgan fingerprint density at radius 3 is 2.91 bits per heavy atom. The summed E-state index contributed by atoms with van der Waals surface area (Å²) in [6.07, 6.45) is 4.90. The van der Waals surface area contributed by atoms with E-state index in [9.17, 15) is 4.79 Å². The Kier molecular flexibility index (Phi) is 5.69. The summed E-state index contributed by atoms with van der Waals surface area (Å²) in [4.78, 5) is 17.8. The number of furan rings is 1. The highest BCUT2D eigenvalue weighted by molar-refractivity contribution is 5.89. The third kappa shape index (κ3) is 4.50. The molecule has 1 aliphatic rings. The van der Waals surface area contributed by atoms with Crippen LogP contribution in [-0.4, -0.2) is 36.9 Å². The third-order valence-electron chi connectivity index (χ3n) is 4.47. The van der Waals surface area contributed by atoms with Crippen molar-refractivity contribution in [3.8, 4) is 0 Å². The molecule has 3 N–H and O–H groups in total. The normalized spacial score (nSPS) is 22.2. The van der Waals surface area contributed by atoms with Crippen molar-refractivity contribution >= 4 is 11.9 Å². The van der Waals surface area contributed by atoms with Crippen molar-refractivity contribution in [3.05, 3.63) is 23.7 Å². The molecular formula is C17H28N4O2. The summed E-state index contributed by atoms with van der Waals surface area (Å²) in [5.41, 5.74) is 5.55. The first-order chi connectivity index (χ1) is 11.0. The number of piperidine rings is 1. The van der Waals surface area contributed by atoms with Crippen molar-refractivity contribution in [3.63, 3.8) is 0 Å². The van der Waals surface area contributed by atoms with E-state index in [1.807, 2.05) is 0 Å². The largest absolute Gasteiger partial charge is 0.454 e. The minimum Gasteiger partial charge on any atom is -0.454 e. The van der Waals surface area contributed by atoms with Crippen LogP contribution in [-0.2, 0) is 6.54 Å². The number of amides is 1. The number of carbonyl (C=O) groups excluding carboxylic acids is 1. The minimum absolute atomic E-state index is 0.185. The maximum absolute atomic E-state index is 11.1. The molecule has 0 aliphatic carbocycles. The Hall–Kier alpha value is -1.98. The molecule has 1 aromatic rings. The molecule has 0 bridgehead atoms. The molecular weight excluding hydrogens is 292 g/mol. The number of carbonyl (C=O) groups is 1. The van der Waals surface area contributed by atoms with Crippen LogP contribution < -0.4 is 11.1 Å². The Morgan fingerprint density at radius 2 is 2.30 bits per heavy atom. The van der Waals surface area contributed by atoms with Gasteiger partial charge in [-0.25, -0.2) is 0 Å². The van der Waals surface area contributed by atoms with Crippen molar-refractivity contribution in [2.45, 2.75) is 46.1 Å². The van der Waals surface area contributed by atoms with Crippen LogP contribution in [0.1, 0.15) is 55.8 Å². The van der Waals surface area contributed by atoms with Gasteiger partial charge in [-0.3, -0.25) is 9.79 Å². The minimum atomic E-state index is -0.549. The number of aliphatic imine (C=N–C) groups is 1. The van der Waals surface area contributed by atoms with Crippen LogP contribution in [0.2, 0.25) is 0 Å². The van der Waals surface area contributed by atoms with Crippen molar-refractivity contribution in [2.24, 2.45) is 16.1 Å². The highest BCUT2D eigenvalue weighted by atomic mass is 16.3. The molecule has 1 amide bonds. The van der Waals surface area contributed by atoms with Gasteiger partial charge in [-0.1, -0.05) is 20.3 Å². The van der Waals surface area contributed by atoms with E-state index in [-0.39, 0.29) is 5.76 Å². The van der Waals surface area contributed by atoms with Crippen LogP contribution in [0.5, 0.6) is 0 Å². The predicted octanol–water partition coefficient (Wildman–Crippen LogP) is 2.36. The van der Waals surface area contributed by atoms with E-state index in [4.69, 9.17) is 10.2 Å². The maximum Gasteiger partial charge on any atom is 0.284 e. The van der Waals surface area contributed by atoms with Crippen LogP contribution in [0.3, 0.4) is 0 Å². The highest BCUT2D eigenvalue weighted by Gasteiger charge is 2.31. The molecule has 1 fully saturated rings. The zero-order chi connectivity index (χ0) is 16.9. The average molecular weight is 320 g/mol.